The third-order valence-electron chi connectivity index (χ3n) is 4.97. The maximum atomic E-state index is 15.0. The van der Waals surface area contributed by atoms with Crippen molar-refractivity contribution in [2.24, 2.45) is 0 Å². The zero-order chi connectivity index (χ0) is 14.4. The molecule has 0 aliphatic carbocycles. The summed E-state index contributed by atoms with van der Waals surface area (Å²) in [5, 5.41) is 2.13. The number of halogens is 1. The van der Waals surface area contributed by atoms with E-state index in [0.717, 1.165) is 30.0 Å². The number of hydrogen-bond donors (Lipinski definition) is 0. The number of amides is 1. The highest BCUT2D eigenvalue weighted by molar-refractivity contribution is 5.99. The molecule has 0 aromatic heterocycles. The molecule has 1 amide bonds. The van der Waals surface area contributed by atoms with E-state index in [1.807, 2.05) is 42.5 Å². The number of nitrogens with zero attached hydrogens (tertiary/aromatic N) is 1. The summed E-state index contributed by atoms with van der Waals surface area (Å²) >= 11 is 0. The Hall–Kier alpha value is -1.90. The summed E-state index contributed by atoms with van der Waals surface area (Å²) in [6, 6.07) is 13.7. The lowest BCUT2D eigenvalue weighted by Crippen LogP contribution is -2.50. The molecule has 2 aliphatic rings. The average Bonchev–Trinajstić information content (AvgIpc) is 2.71. The number of carbonyl (C=O) groups is 1. The van der Waals surface area contributed by atoms with Crippen LogP contribution in [-0.4, -0.2) is 22.6 Å². The molecule has 2 unspecified atom stereocenters. The Morgan fingerprint density at radius 2 is 1.90 bits per heavy atom. The molecule has 0 spiro atoms. The smallest absolute Gasteiger partial charge is 0.256 e. The number of rotatable bonds is 1. The summed E-state index contributed by atoms with van der Waals surface area (Å²) in [4.78, 5) is 14.3. The molecule has 2 heterocycles. The van der Waals surface area contributed by atoms with Gasteiger partial charge in [0.2, 0.25) is 0 Å². The summed E-state index contributed by atoms with van der Waals surface area (Å²) in [6.07, 6.45) is 3.61. The van der Waals surface area contributed by atoms with Crippen LogP contribution in [0.25, 0.3) is 10.8 Å². The lowest BCUT2D eigenvalue weighted by Gasteiger charge is -2.39. The monoisotopic (exact) mass is 283 g/mol. The molecular weight excluding hydrogens is 265 g/mol. The molecule has 2 nitrogen and oxygen atoms in total. The molecule has 2 atom stereocenters. The van der Waals surface area contributed by atoms with Crippen molar-refractivity contribution in [1.82, 2.24) is 4.90 Å². The highest BCUT2D eigenvalue weighted by Crippen LogP contribution is 2.45. The van der Waals surface area contributed by atoms with Crippen molar-refractivity contribution >= 4 is 16.7 Å². The first-order valence-electron chi connectivity index (χ1n) is 7.69. The van der Waals surface area contributed by atoms with Gasteiger partial charge in [-0.05, 0) is 42.2 Å². The second kappa shape index (κ2) is 4.55. The Bertz CT molecular complexity index is 709. The van der Waals surface area contributed by atoms with Crippen LogP contribution in [0.5, 0.6) is 0 Å². The van der Waals surface area contributed by atoms with Crippen molar-refractivity contribution < 1.29 is 9.18 Å². The summed E-state index contributed by atoms with van der Waals surface area (Å²) in [5.74, 6) is -1.56. The summed E-state index contributed by atoms with van der Waals surface area (Å²) in [7, 11) is 0. The van der Waals surface area contributed by atoms with Gasteiger partial charge in [-0.15, -0.1) is 0 Å². The lowest BCUT2D eigenvalue weighted by atomic mass is 9.99. The van der Waals surface area contributed by atoms with Crippen LogP contribution >= 0.6 is 0 Å². The van der Waals surface area contributed by atoms with Crippen molar-refractivity contribution in [2.45, 2.75) is 43.9 Å². The quantitative estimate of drug-likeness (QED) is 0.715. The molecule has 2 bridgehead atoms. The zero-order valence-corrected chi connectivity index (χ0v) is 11.9. The van der Waals surface area contributed by atoms with Gasteiger partial charge in [0.25, 0.3) is 5.91 Å². The van der Waals surface area contributed by atoms with Gasteiger partial charge in [-0.2, -0.15) is 0 Å². The molecule has 2 aromatic rings. The maximum Gasteiger partial charge on any atom is 0.256 e. The van der Waals surface area contributed by atoms with Crippen LogP contribution in [0.15, 0.2) is 42.5 Å². The average molecular weight is 283 g/mol. The van der Waals surface area contributed by atoms with Gasteiger partial charge < -0.3 is 4.90 Å². The van der Waals surface area contributed by atoms with Gasteiger partial charge in [0.05, 0.1) is 0 Å². The predicted octanol–water partition coefficient (Wildman–Crippen LogP) is 4.29. The Morgan fingerprint density at radius 3 is 2.71 bits per heavy atom. The van der Waals surface area contributed by atoms with Crippen LogP contribution in [0.4, 0.5) is 4.39 Å². The number of piperidine rings is 1. The number of carbonyl (C=O) groups excluding carboxylic acids is 1. The summed E-state index contributed by atoms with van der Waals surface area (Å²) < 4.78 is 15.0. The standard InChI is InChI=1S/C18H18FNO/c19-18-10-3-6-16(9-11-18)20(18)17(21)15-8-7-13-4-1-2-5-14(13)12-15/h1-2,4-5,7-8,12,16H,3,6,9-11H2. The molecule has 2 aromatic carbocycles. The summed E-state index contributed by atoms with van der Waals surface area (Å²) in [5.41, 5.74) is 0.601. The van der Waals surface area contributed by atoms with Gasteiger partial charge in [-0.1, -0.05) is 30.3 Å². The van der Waals surface area contributed by atoms with Gasteiger partial charge in [-0.3, -0.25) is 4.79 Å². The molecule has 0 saturated carbocycles. The van der Waals surface area contributed by atoms with Crippen molar-refractivity contribution in [2.75, 3.05) is 0 Å². The van der Waals surface area contributed by atoms with Gasteiger partial charge in [0, 0.05) is 24.4 Å². The second-order valence-corrected chi connectivity index (χ2v) is 6.24. The Kier molecular flexibility index (Phi) is 2.78. The topological polar surface area (TPSA) is 20.3 Å². The SMILES string of the molecule is O=C(c1ccc2ccccc2c1)N1C2CCCC1(F)CC2. The molecule has 2 aliphatic heterocycles. The van der Waals surface area contributed by atoms with Crippen molar-refractivity contribution in [3.05, 3.63) is 48.0 Å². The largest absolute Gasteiger partial charge is 0.303 e. The molecule has 2 saturated heterocycles. The van der Waals surface area contributed by atoms with Crippen LogP contribution in [0.2, 0.25) is 0 Å². The van der Waals surface area contributed by atoms with Crippen LogP contribution in [0.3, 0.4) is 0 Å². The number of hydrogen-bond acceptors (Lipinski definition) is 1. The van der Waals surface area contributed by atoms with E-state index in [4.69, 9.17) is 0 Å². The van der Waals surface area contributed by atoms with Crippen LogP contribution < -0.4 is 0 Å². The molecule has 0 N–H and O–H groups in total. The van der Waals surface area contributed by atoms with Crippen LogP contribution in [-0.2, 0) is 0 Å². The Morgan fingerprint density at radius 1 is 1.10 bits per heavy atom. The minimum atomic E-state index is -1.41. The Balaban J connectivity index is 1.73. The molecular formula is C18H18FNO. The molecule has 108 valence electrons. The predicted molar refractivity (Wildman–Crippen MR) is 80.8 cm³/mol. The van der Waals surface area contributed by atoms with Crippen molar-refractivity contribution in [3.8, 4) is 0 Å². The maximum absolute atomic E-state index is 15.0. The fourth-order valence-corrected chi connectivity index (χ4v) is 3.90. The first kappa shape index (κ1) is 12.8. The first-order chi connectivity index (χ1) is 10.2. The second-order valence-electron chi connectivity index (χ2n) is 6.24. The first-order valence-corrected chi connectivity index (χ1v) is 7.69. The lowest BCUT2D eigenvalue weighted by molar-refractivity contribution is -0.0324. The van der Waals surface area contributed by atoms with E-state index >= 15 is 0 Å². The minimum absolute atomic E-state index is 0.0859. The van der Waals surface area contributed by atoms with Crippen LogP contribution in [0.1, 0.15) is 42.5 Å². The van der Waals surface area contributed by atoms with Gasteiger partial charge in [0.1, 0.15) is 0 Å². The van der Waals surface area contributed by atoms with E-state index in [0.29, 0.717) is 18.4 Å². The van der Waals surface area contributed by atoms with Gasteiger partial charge >= 0.3 is 0 Å². The van der Waals surface area contributed by atoms with E-state index in [1.54, 1.807) is 0 Å². The van der Waals surface area contributed by atoms with E-state index in [1.165, 1.54) is 4.90 Å². The molecule has 4 rings (SSSR count). The number of fused-ring (bicyclic) bond motifs is 3. The zero-order valence-electron chi connectivity index (χ0n) is 11.9. The Labute approximate surface area is 123 Å². The van der Waals surface area contributed by atoms with E-state index in [2.05, 4.69) is 0 Å². The summed E-state index contributed by atoms with van der Waals surface area (Å²) in [6.45, 7) is 0. The molecule has 2 fully saturated rings. The minimum Gasteiger partial charge on any atom is -0.303 e. The van der Waals surface area contributed by atoms with Crippen molar-refractivity contribution in [1.29, 1.82) is 0 Å². The van der Waals surface area contributed by atoms with Gasteiger partial charge in [-0.25, -0.2) is 4.39 Å². The number of benzene rings is 2. The van der Waals surface area contributed by atoms with Crippen molar-refractivity contribution in [3.63, 3.8) is 0 Å². The van der Waals surface area contributed by atoms with Crippen LogP contribution in [0, 0.1) is 0 Å². The molecule has 3 heteroatoms. The fraction of sp³-hybridized carbons (Fsp3) is 0.389. The van der Waals surface area contributed by atoms with E-state index in [9.17, 15) is 9.18 Å². The third-order valence-corrected chi connectivity index (χ3v) is 4.97. The molecule has 21 heavy (non-hydrogen) atoms. The van der Waals surface area contributed by atoms with Gasteiger partial charge in [0.15, 0.2) is 5.79 Å². The normalized spacial score (nSPS) is 28.0. The highest BCUT2D eigenvalue weighted by atomic mass is 19.1. The third kappa shape index (κ3) is 1.95. The molecule has 0 radical (unpaired) electrons. The highest BCUT2D eigenvalue weighted by Gasteiger charge is 2.51. The van der Waals surface area contributed by atoms with E-state index in [-0.39, 0.29) is 11.9 Å². The number of alkyl halides is 1. The fourth-order valence-electron chi connectivity index (χ4n) is 3.90. The van der Waals surface area contributed by atoms with E-state index < -0.39 is 5.79 Å².